The van der Waals surface area contributed by atoms with E-state index in [-0.39, 0.29) is 12.1 Å². The normalized spacial score (nSPS) is 11.0. The monoisotopic (exact) mass is 422 g/mol. The van der Waals surface area contributed by atoms with Crippen molar-refractivity contribution < 1.29 is 13.6 Å². The Labute approximate surface area is 177 Å². The number of nitrogens with zero attached hydrogens (tertiary/aromatic N) is 5. The summed E-state index contributed by atoms with van der Waals surface area (Å²) < 4.78 is 30.6. The Kier molecular flexibility index (Phi) is 5.33. The van der Waals surface area contributed by atoms with Crippen LogP contribution in [0.2, 0.25) is 0 Å². The number of amides is 1. The van der Waals surface area contributed by atoms with E-state index in [0.717, 1.165) is 29.6 Å². The van der Waals surface area contributed by atoms with Crippen LogP contribution in [-0.2, 0) is 6.54 Å². The molecule has 0 saturated carbocycles. The Balaban J connectivity index is 1.54. The number of carbonyl (C=O) groups excluding carboxylic acids is 1. The quantitative estimate of drug-likeness (QED) is 0.528. The maximum Gasteiger partial charge on any atom is 0.258 e. The Bertz CT molecular complexity index is 1260. The van der Waals surface area contributed by atoms with Crippen LogP contribution >= 0.6 is 0 Å². The van der Waals surface area contributed by atoms with Gasteiger partial charge in [-0.3, -0.25) is 4.79 Å². The second-order valence-corrected chi connectivity index (χ2v) is 7.27. The van der Waals surface area contributed by atoms with Crippen molar-refractivity contribution in [2.24, 2.45) is 0 Å². The van der Waals surface area contributed by atoms with Gasteiger partial charge >= 0.3 is 0 Å². The molecule has 9 heteroatoms. The lowest BCUT2D eigenvalue weighted by Crippen LogP contribution is -2.17. The van der Waals surface area contributed by atoms with E-state index < -0.39 is 17.5 Å². The van der Waals surface area contributed by atoms with Crippen molar-refractivity contribution >= 4 is 11.7 Å². The molecular formula is C22H20F2N6O. The zero-order valence-corrected chi connectivity index (χ0v) is 17.2. The van der Waals surface area contributed by atoms with Gasteiger partial charge in [0.1, 0.15) is 17.5 Å². The summed E-state index contributed by atoms with van der Waals surface area (Å²) in [6, 6.07) is 8.53. The molecule has 1 amide bonds. The Morgan fingerprint density at radius 1 is 1.06 bits per heavy atom. The van der Waals surface area contributed by atoms with E-state index in [1.807, 2.05) is 19.9 Å². The molecule has 0 spiro atoms. The number of hydrogen-bond acceptors (Lipinski definition) is 4. The molecule has 4 aromatic rings. The molecule has 0 aliphatic heterocycles. The van der Waals surface area contributed by atoms with E-state index in [9.17, 15) is 13.6 Å². The van der Waals surface area contributed by atoms with Crippen LogP contribution in [0.3, 0.4) is 0 Å². The van der Waals surface area contributed by atoms with Gasteiger partial charge in [0.05, 0.1) is 24.0 Å². The first-order valence-electron chi connectivity index (χ1n) is 9.59. The number of rotatable bonds is 5. The molecule has 7 nitrogen and oxygen atoms in total. The number of nitrogens with one attached hydrogen (secondary N) is 1. The molecule has 0 atom stereocenters. The van der Waals surface area contributed by atoms with Crippen LogP contribution in [0.5, 0.6) is 0 Å². The fourth-order valence-electron chi connectivity index (χ4n) is 3.27. The topological polar surface area (TPSA) is 77.6 Å². The summed E-state index contributed by atoms with van der Waals surface area (Å²) >= 11 is 0. The zero-order valence-electron chi connectivity index (χ0n) is 17.2. The first-order chi connectivity index (χ1) is 14.8. The predicted molar refractivity (Wildman–Crippen MR) is 111 cm³/mol. The molecule has 3 heterocycles. The van der Waals surface area contributed by atoms with Crippen molar-refractivity contribution in [3.63, 3.8) is 0 Å². The van der Waals surface area contributed by atoms with E-state index in [4.69, 9.17) is 0 Å². The van der Waals surface area contributed by atoms with Gasteiger partial charge in [-0.1, -0.05) is 0 Å². The lowest BCUT2D eigenvalue weighted by molar-refractivity contribution is 0.102. The third-order valence-electron chi connectivity index (χ3n) is 4.82. The number of halogens is 2. The van der Waals surface area contributed by atoms with Crippen LogP contribution < -0.4 is 5.32 Å². The molecular weight excluding hydrogens is 402 g/mol. The molecule has 0 saturated heterocycles. The van der Waals surface area contributed by atoms with Crippen molar-refractivity contribution in [1.29, 1.82) is 0 Å². The standard InChI is InChI=1S/C22H20F2N6O/c1-13-10-26-29(12-17-9-18(23)5-6-19(17)24)21(13)27-22(31)16-4-7-20(25-11-16)30-15(3)8-14(2)28-30/h4-11H,12H2,1-3H3,(H,27,31). The number of carbonyl (C=O) groups is 1. The summed E-state index contributed by atoms with van der Waals surface area (Å²) in [5, 5.41) is 11.3. The lowest BCUT2D eigenvalue weighted by Gasteiger charge is -2.11. The third-order valence-corrected chi connectivity index (χ3v) is 4.82. The SMILES string of the molecule is Cc1cc(C)n(-c2ccc(C(=O)Nc3c(C)cnn3Cc3cc(F)ccc3F)cn2)n1. The first kappa shape index (κ1) is 20.4. The summed E-state index contributed by atoms with van der Waals surface area (Å²) in [4.78, 5) is 17.1. The summed E-state index contributed by atoms with van der Waals surface area (Å²) in [7, 11) is 0. The molecule has 0 radical (unpaired) electrons. The summed E-state index contributed by atoms with van der Waals surface area (Å²) in [5.74, 6) is -0.478. The fraction of sp³-hybridized carbons (Fsp3) is 0.182. The number of anilines is 1. The highest BCUT2D eigenvalue weighted by atomic mass is 19.1. The molecule has 0 fully saturated rings. The molecule has 0 aliphatic carbocycles. The number of aromatic nitrogens is 5. The predicted octanol–water partition coefficient (Wildman–Crippen LogP) is 3.97. The minimum absolute atomic E-state index is 0.0256. The largest absolute Gasteiger partial charge is 0.306 e. The van der Waals surface area contributed by atoms with Crippen LogP contribution in [0.25, 0.3) is 5.82 Å². The van der Waals surface area contributed by atoms with Gasteiger partial charge < -0.3 is 5.32 Å². The third kappa shape index (κ3) is 4.20. The second-order valence-electron chi connectivity index (χ2n) is 7.27. The van der Waals surface area contributed by atoms with Gasteiger partial charge in [0.25, 0.3) is 5.91 Å². The van der Waals surface area contributed by atoms with E-state index in [1.165, 1.54) is 10.9 Å². The molecule has 1 aromatic carbocycles. The van der Waals surface area contributed by atoms with Gasteiger partial charge in [-0.25, -0.2) is 23.1 Å². The number of aryl methyl sites for hydroxylation is 3. The molecule has 158 valence electrons. The van der Waals surface area contributed by atoms with Crippen LogP contribution in [0.4, 0.5) is 14.6 Å². The van der Waals surface area contributed by atoms with E-state index in [0.29, 0.717) is 22.8 Å². The molecule has 0 bridgehead atoms. The van der Waals surface area contributed by atoms with Gasteiger partial charge in [0.15, 0.2) is 5.82 Å². The molecule has 4 rings (SSSR count). The smallest absolute Gasteiger partial charge is 0.258 e. The zero-order chi connectivity index (χ0) is 22.1. The molecule has 3 aromatic heterocycles. The Morgan fingerprint density at radius 3 is 2.55 bits per heavy atom. The van der Waals surface area contributed by atoms with Crippen LogP contribution in [0, 0.1) is 32.4 Å². The highest BCUT2D eigenvalue weighted by Gasteiger charge is 2.15. The fourth-order valence-corrected chi connectivity index (χ4v) is 3.27. The van der Waals surface area contributed by atoms with Gasteiger partial charge in [0.2, 0.25) is 0 Å². The van der Waals surface area contributed by atoms with Crippen LogP contribution in [0.15, 0.2) is 48.8 Å². The highest BCUT2D eigenvalue weighted by molar-refractivity contribution is 6.04. The number of pyridine rings is 1. The van der Waals surface area contributed by atoms with Crippen LogP contribution in [-0.4, -0.2) is 30.5 Å². The maximum atomic E-state index is 14.0. The molecule has 0 unspecified atom stereocenters. The molecule has 1 N–H and O–H groups in total. The Hall–Kier alpha value is -3.88. The van der Waals surface area contributed by atoms with Crippen molar-refractivity contribution in [2.75, 3.05) is 5.32 Å². The minimum atomic E-state index is -0.546. The van der Waals surface area contributed by atoms with Gasteiger partial charge in [0, 0.05) is 23.0 Å². The van der Waals surface area contributed by atoms with E-state index in [1.54, 1.807) is 29.9 Å². The van der Waals surface area contributed by atoms with Gasteiger partial charge in [-0.2, -0.15) is 10.2 Å². The average Bonchev–Trinajstić information content (AvgIpc) is 3.26. The molecule has 0 aliphatic rings. The lowest BCUT2D eigenvalue weighted by atomic mass is 10.2. The van der Waals surface area contributed by atoms with Crippen molar-refractivity contribution in [3.8, 4) is 5.82 Å². The maximum absolute atomic E-state index is 14.0. The highest BCUT2D eigenvalue weighted by Crippen LogP contribution is 2.19. The molecule has 31 heavy (non-hydrogen) atoms. The van der Waals surface area contributed by atoms with Gasteiger partial charge in [-0.05, 0) is 57.2 Å². The van der Waals surface area contributed by atoms with E-state index in [2.05, 4.69) is 20.5 Å². The minimum Gasteiger partial charge on any atom is -0.306 e. The van der Waals surface area contributed by atoms with Crippen molar-refractivity contribution in [3.05, 3.63) is 88.5 Å². The summed E-state index contributed by atoms with van der Waals surface area (Å²) in [6.45, 7) is 5.56. The number of benzene rings is 1. The van der Waals surface area contributed by atoms with Crippen molar-refractivity contribution in [2.45, 2.75) is 27.3 Å². The van der Waals surface area contributed by atoms with E-state index >= 15 is 0 Å². The second kappa shape index (κ2) is 8.10. The van der Waals surface area contributed by atoms with Crippen LogP contribution in [0.1, 0.15) is 32.9 Å². The first-order valence-corrected chi connectivity index (χ1v) is 9.59. The van der Waals surface area contributed by atoms with Gasteiger partial charge in [-0.15, -0.1) is 0 Å². The average molecular weight is 422 g/mol. The van der Waals surface area contributed by atoms with Crippen molar-refractivity contribution in [1.82, 2.24) is 24.5 Å². The summed E-state index contributed by atoms with van der Waals surface area (Å²) in [5.41, 5.74) is 2.98. The summed E-state index contributed by atoms with van der Waals surface area (Å²) in [6.07, 6.45) is 3.01. The Morgan fingerprint density at radius 2 is 1.87 bits per heavy atom. The number of hydrogen-bond donors (Lipinski definition) is 1.